The maximum absolute atomic E-state index is 13.5. The summed E-state index contributed by atoms with van der Waals surface area (Å²) >= 11 is 7.18. The number of carbonyl (C=O) groups is 1. The molecule has 5 rings (SSSR count). The number of rotatable bonds is 5. The molecule has 0 aliphatic carbocycles. The lowest BCUT2D eigenvalue weighted by molar-refractivity contribution is 0.102. The molecule has 5 nitrogen and oxygen atoms in total. The summed E-state index contributed by atoms with van der Waals surface area (Å²) in [5, 5.41) is 1.92. The zero-order valence-corrected chi connectivity index (χ0v) is 18.7. The number of fused-ring (bicyclic) bond motifs is 3. The third-order valence-electron chi connectivity index (χ3n) is 5.29. The van der Waals surface area contributed by atoms with Crippen LogP contribution in [0.15, 0.2) is 82.7 Å². The Morgan fingerprint density at radius 1 is 1.03 bits per heavy atom. The van der Waals surface area contributed by atoms with E-state index in [4.69, 9.17) is 16.6 Å². The van der Waals surface area contributed by atoms with Crippen molar-refractivity contribution in [1.82, 2.24) is 14.5 Å². The van der Waals surface area contributed by atoms with E-state index in [0.29, 0.717) is 32.5 Å². The number of benzene rings is 3. The number of nitrogens with zero attached hydrogens (tertiary/aromatic N) is 2. The molecule has 32 heavy (non-hydrogen) atoms. The maximum Gasteiger partial charge on any atom is 0.283 e. The van der Waals surface area contributed by atoms with Crippen LogP contribution in [0.2, 0.25) is 5.02 Å². The van der Waals surface area contributed by atoms with E-state index in [1.54, 1.807) is 28.8 Å². The molecular formula is C25H18ClN3O2S. The summed E-state index contributed by atoms with van der Waals surface area (Å²) in [6, 6.07) is 22.1. The smallest absolute Gasteiger partial charge is 0.283 e. The van der Waals surface area contributed by atoms with Crippen LogP contribution in [0.3, 0.4) is 0 Å². The van der Waals surface area contributed by atoms with Crippen molar-refractivity contribution in [3.05, 3.63) is 99.3 Å². The number of thioether (sulfide) groups is 1. The van der Waals surface area contributed by atoms with Gasteiger partial charge in [0.25, 0.3) is 5.56 Å². The molecule has 7 heteroatoms. The van der Waals surface area contributed by atoms with Gasteiger partial charge in [-0.2, -0.15) is 0 Å². The highest BCUT2D eigenvalue weighted by Crippen LogP contribution is 2.27. The summed E-state index contributed by atoms with van der Waals surface area (Å²) in [7, 11) is 0. The number of nitrogens with one attached hydrogen (secondary N) is 1. The Kier molecular flexibility index (Phi) is 5.33. The molecule has 5 aromatic rings. The predicted octanol–water partition coefficient (Wildman–Crippen LogP) is 5.80. The van der Waals surface area contributed by atoms with Crippen molar-refractivity contribution < 1.29 is 4.79 Å². The topological polar surface area (TPSA) is 67.8 Å². The third-order valence-corrected chi connectivity index (χ3v) is 6.48. The molecular weight excluding hydrogens is 442 g/mol. The molecule has 0 saturated heterocycles. The average molecular weight is 460 g/mol. The van der Waals surface area contributed by atoms with Gasteiger partial charge in [0.15, 0.2) is 10.9 Å². The lowest BCUT2D eigenvalue weighted by atomic mass is 10.1. The number of hydrogen-bond donors (Lipinski definition) is 1. The van der Waals surface area contributed by atoms with Crippen molar-refractivity contribution in [2.24, 2.45) is 0 Å². The van der Waals surface area contributed by atoms with E-state index in [1.165, 1.54) is 11.8 Å². The summed E-state index contributed by atoms with van der Waals surface area (Å²) in [6.07, 6.45) is 0. The minimum atomic E-state index is -0.198. The molecule has 2 aromatic heterocycles. The molecule has 1 N–H and O–H groups in total. The fraction of sp³-hybridized carbons (Fsp3) is 0.0800. The minimum Gasteiger partial charge on any atom is -0.349 e. The Morgan fingerprint density at radius 3 is 2.50 bits per heavy atom. The van der Waals surface area contributed by atoms with Gasteiger partial charge in [-0.05, 0) is 49.4 Å². The van der Waals surface area contributed by atoms with Crippen LogP contribution in [-0.4, -0.2) is 26.1 Å². The minimum absolute atomic E-state index is 0.0598. The fourth-order valence-corrected chi connectivity index (χ4v) is 4.64. The van der Waals surface area contributed by atoms with Crippen LogP contribution >= 0.6 is 23.4 Å². The number of Topliss-reactive ketones (excluding diaryl/α,β-unsaturated/α-hetero) is 1. The van der Waals surface area contributed by atoms with E-state index in [-0.39, 0.29) is 17.1 Å². The predicted molar refractivity (Wildman–Crippen MR) is 130 cm³/mol. The zero-order chi connectivity index (χ0) is 22.2. The van der Waals surface area contributed by atoms with Crippen LogP contribution in [0.5, 0.6) is 0 Å². The van der Waals surface area contributed by atoms with Crippen molar-refractivity contribution in [2.75, 3.05) is 5.75 Å². The summed E-state index contributed by atoms with van der Waals surface area (Å²) in [5.41, 5.74) is 4.07. The highest BCUT2D eigenvalue weighted by atomic mass is 35.5. The van der Waals surface area contributed by atoms with Gasteiger partial charge in [-0.3, -0.25) is 14.2 Å². The lowest BCUT2D eigenvalue weighted by Crippen LogP contribution is -2.22. The van der Waals surface area contributed by atoms with Crippen LogP contribution in [0.25, 0.3) is 27.6 Å². The first-order chi connectivity index (χ1) is 15.5. The van der Waals surface area contributed by atoms with Crippen molar-refractivity contribution in [1.29, 1.82) is 0 Å². The second kappa shape index (κ2) is 8.30. The maximum atomic E-state index is 13.5. The number of para-hydroxylation sites is 1. The van der Waals surface area contributed by atoms with E-state index < -0.39 is 0 Å². The number of carbonyl (C=O) groups excluding carboxylic acids is 1. The Bertz CT molecular complexity index is 1520. The molecule has 0 aliphatic heterocycles. The monoisotopic (exact) mass is 459 g/mol. The van der Waals surface area contributed by atoms with Crippen LogP contribution in [0.4, 0.5) is 0 Å². The SMILES string of the molecule is Cc1ccc(-n2c(SCC(=O)c3ccc(Cl)cc3)nc3c([nH]c4ccccc43)c2=O)cc1. The second-order valence-corrected chi connectivity index (χ2v) is 8.86. The van der Waals surface area contributed by atoms with Gasteiger partial charge in [-0.1, -0.05) is 59.3 Å². The van der Waals surface area contributed by atoms with Gasteiger partial charge in [0.1, 0.15) is 11.0 Å². The Hall–Kier alpha value is -3.35. The molecule has 0 aliphatic rings. The molecule has 0 spiro atoms. The van der Waals surface area contributed by atoms with Crippen LogP contribution in [0, 0.1) is 6.92 Å². The summed E-state index contributed by atoms with van der Waals surface area (Å²) in [4.78, 5) is 34.3. The molecule has 0 amide bonds. The van der Waals surface area contributed by atoms with E-state index in [1.807, 2.05) is 55.5 Å². The van der Waals surface area contributed by atoms with E-state index >= 15 is 0 Å². The van der Waals surface area contributed by atoms with Gasteiger partial charge in [0, 0.05) is 21.5 Å². The first-order valence-electron chi connectivity index (χ1n) is 10.0. The Balaban J connectivity index is 1.63. The number of hydrogen-bond acceptors (Lipinski definition) is 4. The number of halogens is 1. The van der Waals surface area contributed by atoms with Gasteiger partial charge < -0.3 is 4.98 Å². The number of H-pyrrole nitrogens is 1. The first-order valence-corrected chi connectivity index (χ1v) is 11.4. The zero-order valence-electron chi connectivity index (χ0n) is 17.1. The summed E-state index contributed by atoms with van der Waals surface area (Å²) in [6.45, 7) is 1.99. The number of aryl methyl sites for hydroxylation is 1. The summed E-state index contributed by atoms with van der Waals surface area (Å²) < 4.78 is 1.57. The average Bonchev–Trinajstić information content (AvgIpc) is 3.18. The van der Waals surface area contributed by atoms with Crippen molar-refractivity contribution >= 4 is 51.1 Å². The van der Waals surface area contributed by atoms with Gasteiger partial charge in [-0.15, -0.1) is 0 Å². The molecule has 0 unspecified atom stereocenters. The highest BCUT2D eigenvalue weighted by molar-refractivity contribution is 7.99. The lowest BCUT2D eigenvalue weighted by Gasteiger charge is -2.12. The number of aromatic nitrogens is 3. The quantitative estimate of drug-likeness (QED) is 0.205. The largest absolute Gasteiger partial charge is 0.349 e. The van der Waals surface area contributed by atoms with Gasteiger partial charge in [0.05, 0.1) is 11.4 Å². The van der Waals surface area contributed by atoms with Crippen molar-refractivity contribution in [3.63, 3.8) is 0 Å². The molecule has 0 fully saturated rings. The van der Waals surface area contributed by atoms with Gasteiger partial charge >= 0.3 is 0 Å². The molecule has 0 saturated carbocycles. The standard InChI is InChI=1S/C25H18ClN3O2S/c1-15-6-12-18(13-7-15)29-24(31)23-22(19-4-2-3-5-20(19)27-23)28-25(29)32-14-21(30)16-8-10-17(26)11-9-16/h2-13,27H,14H2,1H3. The van der Waals surface area contributed by atoms with Crippen LogP contribution < -0.4 is 5.56 Å². The first kappa shape index (κ1) is 20.5. The van der Waals surface area contributed by atoms with Crippen molar-refractivity contribution in [2.45, 2.75) is 12.1 Å². The molecule has 0 radical (unpaired) electrons. The van der Waals surface area contributed by atoms with Gasteiger partial charge in [-0.25, -0.2) is 4.98 Å². The highest BCUT2D eigenvalue weighted by Gasteiger charge is 2.18. The molecule has 2 heterocycles. The summed E-state index contributed by atoms with van der Waals surface area (Å²) in [5.74, 6) is 0.0868. The Labute approximate surface area is 193 Å². The van der Waals surface area contributed by atoms with Crippen molar-refractivity contribution in [3.8, 4) is 5.69 Å². The van der Waals surface area contributed by atoms with E-state index in [0.717, 1.165) is 16.5 Å². The fourth-order valence-electron chi connectivity index (χ4n) is 3.61. The molecule has 158 valence electrons. The van der Waals surface area contributed by atoms with Gasteiger partial charge in [0.2, 0.25) is 0 Å². The van der Waals surface area contributed by atoms with Crippen LogP contribution in [0.1, 0.15) is 15.9 Å². The van der Waals surface area contributed by atoms with E-state index in [2.05, 4.69) is 4.98 Å². The Morgan fingerprint density at radius 2 is 1.75 bits per heavy atom. The molecule has 3 aromatic carbocycles. The molecule has 0 atom stereocenters. The third kappa shape index (κ3) is 3.72. The van der Waals surface area contributed by atoms with Crippen LogP contribution in [-0.2, 0) is 0 Å². The number of aromatic amines is 1. The van der Waals surface area contributed by atoms with E-state index in [9.17, 15) is 9.59 Å². The second-order valence-electron chi connectivity index (χ2n) is 7.48. The normalized spacial score (nSPS) is 11.3. The molecule has 0 bridgehead atoms. The number of ketones is 1.